The van der Waals surface area contributed by atoms with E-state index in [1.165, 1.54) is 29.3 Å². The number of nitrogens with one attached hydrogen (secondary N) is 2. The fourth-order valence-electron chi connectivity index (χ4n) is 5.93. The van der Waals surface area contributed by atoms with Gasteiger partial charge < -0.3 is 24.4 Å². The predicted octanol–water partition coefficient (Wildman–Crippen LogP) is 8.66. The quantitative estimate of drug-likeness (QED) is 0.141. The minimum atomic E-state index is -4.54. The summed E-state index contributed by atoms with van der Waals surface area (Å²) in [6, 6.07) is 4.59. The molecule has 5 rings (SSSR count). The second-order valence-corrected chi connectivity index (χ2v) is 16.6. The number of fused-ring (bicyclic) bond motifs is 2. The van der Waals surface area contributed by atoms with Gasteiger partial charge in [0.25, 0.3) is 0 Å². The molecule has 1 aliphatic rings. The highest BCUT2D eigenvalue weighted by Crippen LogP contribution is 2.39. The minimum Gasteiger partial charge on any atom is -0.444 e. The largest absolute Gasteiger partial charge is 0.444 e. The molecule has 0 unspecified atom stereocenters. The monoisotopic (exact) mass is 814 g/mol. The Balaban J connectivity index is 1.59. The summed E-state index contributed by atoms with van der Waals surface area (Å²) in [6.45, 7) is 14.3. The number of ether oxygens (including phenoxy) is 3. The summed E-state index contributed by atoms with van der Waals surface area (Å²) in [6.07, 6.45) is -3.61. The van der Waals surface area contributed by atoms with Crippen molar-refractivity contribution in [3.8, 4) is 11.1 Å². The van der Waals surface area contributed by atoms with E-state index in [1.54, 1.807) is 81.4 Å². The summed E-state index contributed by atoms with van der Waals surface area (Å²) >= 11 is 0. The van der Waals surface area contributed by atoms with Gasteiger partial charge >= 0.3 is 24.5 Å². The molecule has 0 radical (unpaired) electrons. The highest BCUT2D eigenvalue weighted by atomic mass is 19.4. The Bertz CT molecular complexity index is 2230. The van der Waals surface area contributed by atoms with Crippen molar-refractivity contribution in [3.63, 3.8) is 0 Å². The number of anilines is 4. The maximum atomic E-state index is 16.9. The number of hydrogen-bond donors (Lipinski definition) is 2. The van der Waals surface area contributed by atoms with Crippen molar-refractivity contribution < 1.29 is 51.0 Å². The fraction of sp³-hybridized carbons (Fsp3) is 0.462. The first-order valence-corrected chi connectivity index (χ1v) is 18.2. The Hall–Kier alpha value is -6.01. The van der Waals surface area contributed by atoms with Gasteiger partial charge in [-0.15, -0.1) is 0 Å². The lowest BCUT2D eigenvalue weighted by molar-refractivity contribution is -0.161. The van der Waals surface area contributed by atoms with Crippen LogP contribution in [0.5, 0.6) is 0 Å². The molecule has 312 valence electrons. The number of aromatic nitrogens is 4. The van der Waals surface area contributed by atoms with Gasteiger partial charge in [0, 0.05) is 53.6 Å². The third-order valence-corrected chi connectivity index (χ3v) is 8.22. The summed E-state index contributed by atoms with van der Waals surface area (Å²) in [7, 11) is 0. The van der Waals surface area contributed by atoms with E-state index in [1.807, 2.05) is 0 Å². The average molecular weight is 815 g/mol. The Morgan fingerprint density at radius 1 is 0.845 bits per heavy atom. The van der Waals surface area contributed by atoms with Crippen LogP contribution in [0.25, 0.3) is 21.9 Å². The van der Waals surface area contributed by atoms with E-state index in [0.29, 0.717) is 16.0 Å². The van der Waals surface area contributed by atoms with Crippen LogP contribution in [0.4, 0.5) is 55.0 Å². The zero-order valence-corrected chi connectivity index (χ0v) is 33.8. The van der Waals surface area contributed by atoms with E-state index in [-0.39, 0.29) is 58.1 Å². The zero-order valence-electron chi connectivity index (χ0n) is 33.8. The number of benzene rings is 1. The lowest BCUT2D eigenvalue weighted by atomic mass is 9.97. The molecule has 0 atom stereocenters. The van der Waals surface area contributed by atoms with Gasteiger partial charge in [-0.05, 0) is 92.3 Å². The van der Waals surface area contributed by atoms with Crippen LogP contribution in [-0.2, 0) is 32.0 Å². The van der Waals surface area contributed by atoms with Gasteiger partial charge in [-0.3, -0.25) is 19.8 Å². The molecule has 58 heavy (non-hydrogen) atoms. The highest BCUT2D eigenvalue weighted by Gasteiger charge is 2.36. The Morgan fingerprint density at radius 2 is 1.47 bits per heavy atom. The van der Waals surface area contributed by atoms with Gasteiger partial charge in [0.2, 0.25) is 5.91 Å². The topological polar surface area (TPSA) is 170 Å². The number of hydrogen-bond acceptors (Lipinski definition) is 11. The van der Waals surface area contributed by atoms with Gasteiger partial charge in [-0.1, -0.05) is 0 Å². The standard InChI is InChI=1S/C39H46F4N8O7/c1-21-25(16-44-18-27(21)51(34(54)57-37(5,6)7)35(55)58-38(8,9)10)24-13-22-14-28(45-17-26(22)32(31(24)40)47-33(53)56-36(2,3)4)46-29-15-23-11-12-49(20-39(41,42)43)30(52)19-50(23)48-29/h13-18H,11-12,19-20H2,1-10H3,(H,47,53)(H,45,46,48). The first-order chi connectivity index (χ1) is 26.7. The smallest absolute Gasteiger partial charge is 0.424 e. The third-order valence-electron chi connectivity index (χ3n) is 8.22. The maximum absolute atomic E-state index is 16.9. The summed E-state index contributed by atoms with van der Waals surface area (Å²) in [5.74, 6) is -1.20. The Kier molecular flexibility index (Phi) is 11.7. The Labute approximate surface area is 332 Å². The van der Waals surface area contributed by atoms with Crippen LogP contribution in [0.15, 0.2) is 36.8 Å². The number of carbonyl (C=O) groups is 4. The van der Waals surface area contributed by atoms with E-state index in [9.17, 15) is 32.3 Å². The van der Waals surface area contributed by atoms with Crippen LogP contribution in [0.3, 0.4) is 0 Å². The SMILES string of the molecule is Cc1c(-c2cc3cc(Nc4cc5n(n4)CC(=O)N(CC(F)(F)F)CC5)ncc3c(NC(=O)OC(C)(C)C)c2F)cncc1N(C(=O)OC(C)(C)C)C(=O)OC(C)(C)C. The van der Waals surface area contributed by atoms with Crippen molar-refractivity contribution in [2.24, 2.45) is 0 Å². The van der Waals surface area contributed by atoms with Gasteiger partial charge in [-0.2, -0.15) is 23.2 Å². The molecule has 15 nitrogen and oxygen atoms in total. The lowest BCUT2D eigenvalue weighted by Crippen LogP contribution is -2.44. The summed E-state index contributed by atoms with van der Waals surface area (Å²) in [5, 5.41) is 10.4. The summed E-state index contributed by atoms with van der Waals surface area (Å²) in [4.78, 5) is 62.8. The van der Waals surface area contributed by atoms with E-state index >= 15 is 4.39 Å². The minimum absolute atomic E-state index is 0.0567. The van der Waals surface area contributed by atoms with Crippen molar-refractivity contribution in [3.05, 3.63) is 53.9 Å². The van der Waals surface area contributed by atoms with Crippen molar-refractivity contribution >= 4 is 58.0 Å². The van der Waals surface area contributed by atoms with Crippen LogP contribution >= 0.6 is 0 Å². The predicted molar refractivity (Wildman–Crippen MR) is 206 cm³/mol. The molecule has 4 heterocycles. The molecule has 1 aromatic carbocycles. The maximum Gasteiger partial charge on any atom is 0.424 e. The first-order valence-electron chi connectivity index (χ1n) is 18.2. The molecule has 0 spiro atoms. The fourth-order valence-corrected chi connectivity index (χ4v) is 5.93. The molecular formula is C39H46F4N8O7. The number of nitrogens with zero attached hydrogens (tertiary/aromatic N) is 6. The van der Waals surface area contributed by atoms with Crippen LogP contribution in [0, 0.1) is 12.7 Å². The van der Waals surface area contributed by atoms with E-state index in [4.69, 9.17) is 14.2 Å². The van der Waals surface area contributed by atoms with Crippen molar-refractivity contribution in [2.75, 3.05) is 28.6 Å². The molecule has 4 amide bonds. The second-order valence-electron chi connectivity index (χ2n) is 16.6. The van der Waals surface area contributed by atoms with E-state index in [2.05, 4.69) is 25.7 Å². The average Bonchev–Trinajstić information content (AvgIpc) is 3.36. The molecule has 0 saturated carbocycles. The molecule has 19 heteroatoms. The number of carbonyl (C=O) groups excluding carboxylic acids is 4. The molecule has 2 N–H and O–H groups in total. The number of alkyl halides is 3. The number of halogens is 4. The second kappa shape index (κ2) is 15.7. The molecule has 0 fully saturated rings. The summed E-state index contributed by atoms with van der Waals surface area (Å²) in [5.41, 5.74) is -2.51. The number of rotatable bonds is 6. The molecule has 0 aliphatic carbocycles. The lowest BCUT2D eigenvalue weighted by Gasteiger charge is -2.29. The van der Waals surface area contributed by atoms with Crippen molar-refractivity contribution in [2.45, 2.75) is 105 Å². The first kappa shape index (κ1) is 43.1. The highest BCUT2D eigenvalue weighted by molar-refractivity contribution is 6.11. The van der Waals surface area contributed by atoms with Crippen molar-refractivity contribution in [1.29, 1.82) is 0 Å². The molecule has 1 aliphatic heterocycles. The van der Waals surface area contributed by atoms with E-state index < -0.39 is 66.1 Å². The molecule has 0 saturated heterocycles. The number of amides is 4. The van der Waals surface area contributed by atoms with Crippen LogP contribution in [0.1, 0.15) is 73.6 Å². The molecule has 4 aromatic rings. The molecule has 3 aromatic heterocycles. The van der Waals surface area contributed by atoms with Crippen LogP contribution in [-0.4, -0.2) is 84.9 Å². The van der Waals surface area contributed by atoms with Gasteiger partial charge in [0.15, 0.2) is 11.6 Å². The van der Waals surface area contributed by atoms with Crippen LogP contribution < -0.4 is 15.5 Å². The van der Waals surface area contributed by atoms with Crippen molar-refractivity contribution in [1.82, 2.24) is 24.6 Å². The van der Waals surface area contributed by atoms with Crippen LogP contribution in [0.2, 0.25) is 0 Å². The number of imide groups is 1. The normalized spacial score (nSPS) is 13.8. The van der Waals surface area contributed by atoms with E-state index in [0.717, 1.165) is 4.90 Å². The third kappa shape index (κ3) is 10.7. The Morgan fingerprint density at radius 3 is 2.05 bits per heavy atom. The molecular weight excluding hydrogens is 768 g/mol. The van der Waals surface area contributed by atoms with Gasteiger partial charge in [-0.25, -0.2) is 23.8 Å². The molecule has 0 bridgehead atoms. The van der Waals surface area contributed by atoms with Gasteiger partial charge in [0.05, 0.1) is 17.6 Å². The number of pyridine rings is 2. The van der Waals surface area contributed by atoms with Gasteiger partial charge in [0.1, 0.15) is 35.7 Å². The summed E-state index contributed by atoms with van der Waals surface area (Å²) < 4.78 is 73.8. The zero-order chi connectivity index (χ0) is 43.1.